The monoisotopic (exact) mass is 190 g/mol. The summed E-state index contributed by atoms with van der Waals surface area (Å²) in [7, 11) is 0. The highest BCUT2D eigenvalue weighted by Crippen LogP contribution is 2.35. The van der Waals surface area contributed by atoms with Crippen molar-refractivity contribution in [1.82, 2.24) is 9.97 Å². The van der Waals surface area contributed by atoms with Crippen LogP contribution in [0.4, 0.5) is 0 Å². The van der Waals surface area contributed by atoms with Gasteiger partial charge in [-0.1, -0.05) is 17.7 Å². The lowest BCUT2D eigenvalue weighted by molar-refractivity contribution is 1.14. The molecule has 13 heavy (non-hydrogen) atoms. The largest absolute Gasteiger partial charge is 0.348 e. The first-order valence-corrected chi connectivity index (χ1v) is 4.53. The highest BCUT2D eigenvalue weighted by molar-refractivity contribution is 6.30. The molecule has 3 rings (SSSR count). The van der Waals surface area contributed by atoms with E-state index in [-0.39, 0.29) is 0 Å². The van der Waals surface area contributed by atoms with Gasteiger partial charge in [0.05, 0.1) is 12.0 Å². The maximum atomic E-state index is 5.92. The molecule has 0 saturated heterocycles. The van der Waals surface area contributed by atoms with Gasteiger partial charge in [-0.15, -0.1) is 0 Å². The van der Waals surface area contributed by atoms with Gasteiger partial charge in [0, 0.05) is 22.7 Å². The summed E-state index contributed by atoms with van der Waals surface area (Å²) < 4.78 is 0. The standard InChI is InChI=1S/C10H7ClN2/c11-7-2-1-6-3-9-10(8(6)4-7)13-5-12-9/h1-2,4-5H,3H2,(H,12,13). The molecule has 0 aliphatic heterocycles. The molecule has 2 aromatic rings. The fourth-order valence-electron chi connectivity index (χ4n) is 1.80. The topological polar surface area (TPSA) is 28.7 Å². The van der Waals surface area contributed by atoms with Crippen molar-refractivity contribution in [3.8, 4) is 11.3 Å². The molecule has 3 heteroatoms. The van der Waals surface area contributed by atoms with E-state index in [2.05, 4.69) is 16.0 Å². The van der Waals surface area contributed by atoms with Crippen LogP contribution in [0.2, 0.25) is 5.02 Å². The molecule has 0 unspecified atom stereocenters. The van der Waals surface area contributed by atoms with Gasteiger partial charge in [-0.2, -0.15) is 0 Å². The average molecular weight is 191 g/mol. The molecule has 64 valence electrons. The van der Waals surface area contributed by atoms with E-state index in [1.165, 1.54) is 16.8 Å². The minimum Gasteiger partial charge on any atom is -0.348 e. The van der Waals surface area contributed by atoms with Gasteiger partial charge in [-0.25, -0.2) is 4.98 Å². The quantitative estimate of drug-likeness (QED) is 0.580. The van der Waals surface area contributed by atoms with Crippen LogP contribution in [0, 0.1) is 0 Å². The molecular formula is C10H7ClN2. The number of hydrogen-bond acceptors (Lipinski definition) is 1. The first-order chi connectivity index (χ1) is 6.34. The maximum absolute atomic E-state index is 5.92. The summed E-state index contributed by atoms with van der Waals surface area (Å²) in [6.45, 7) is 0. The Morgan fingerprint density at radius 1 is 1.38 bits per heavy atom. The van der Waals surface area contributed by atoms with Crippen molar-refractivity contribution >= 4 is 11.6 Å². The second kappa shape index (κ2) is 2.36. The highest BCUT2D eigenvalue weighted by atomic mass is 35.5. The van der Waals surface area contributed by atoms with Gasteiger partial charge in [0.2, 0.25) is 0 Å². The minimum atomic E-state index is 0.773. The van der Waals surface area contributed by atoms with Gasteiger partial charge >= 0.3 is 0 Å². The molecular weight excluding hydrogens is 184 g/mol. The zero-order valence-electron chi connectivity index (χ0n) is 6.84. The van der Waals surface area contributed by atoms with Gasteiger partial charge in [0.1, 0.15) is 0 Å². The van der Waals surface area contributed by atoms with Crippen LogP contribution in [0.1, 0.15) is 11.3 Å². The SMILES string of the molecule is Clc1ccc2c(c1)-c1nc[nH]c1C2. The van der Waals surface area contributed by atoms with Gasteiger partial charge in [-0.3, -0.25) is 0 Å². The Morgan fingerprint density at radius 3 is 3.23 bits per heavy atom. The van der Waals surface area contributed by atoms with Crippen LogP contribution in [0.15, 0.2) is 24.5 Å². The molecule has 1 aliphatic carbocycles. The van der Waals surface area contributed by atoms with Crippen molar-refractivity contribution in [1.29, 1.82) is 0 Å². The van der Waals surface area contributed by atoms with Gasteiger partial charge in [0.25, 0.3) is 0 Å². The van der Waals surface area contributed by atoms with E-state index in [0.717, 1.165) is 17.1 Å². The third-order valence-corrected chi connectivity index (χ3v) is 2.65. The third-order valence-electron chi connectivity index (χ3n) is 2.41. The summed E-state index contributed by atoms with van der Waals surface area (Å²) in [4.78, 5) is 7.39. The molecule has 2 nitrogen and oxygen atoms in total. The van der Waals surface area contributed by atoms with E-state index in [1.807, 2.05) is 12.1 Å². The number of fused-ring (bicyclic) bond motifs is 3. The lowest BCUT2D eigenvalue weighted by Crippen LogP contribution is -1.81. The Morgan fingerprint density at radius 2 is 2.31 bits per heavy atom. The molecule has 0 saturated carbocycles. The molecule has 0 spiro atoms. The molecule has 0 atom stereocenters. The summed E-state index contributed by atoms with van der Waals surface area (Å²) in [6.07, 6.45) is 2.68. The Bertz CT molecular complexity index is 474. The molecule has 0 fully saturated rings. The molecule has 1 N–H and O–H groups in total. The van der Waals surface area contributed by atoms with E-state index in [1.54, 1.807) is 6.33 Å². The molecule has 1 aromatic heterocycles. The van der Waals surface area contributed by atoms with E-state index in [9.17, 15) is 0 Å². The van der Waals surface area contributed by atoms with E-state index < -0.39 is 0 Å². The van der Waals surface area contributed by atoms with Gasteiger partial charge < -0.3 is 4.98 Å². The number of aromatic nitrogens is 2. The van der Waals surface area contributed by atoms with E-state index in [4.69, 9.17) is 11.6 Å². The molecule has 1 heterocycles. The number of nitrogens with zero attached hydrogens (tertiary/aromatic N) is 1. The zero-order valence-corrected chi connectivity index (χ0v) is 7.60. The Labute approximate surface area is 80.6 Å². The summed E-state index contributed by atoms with van der Waals surface area (Å²) >= 11 is 5.92. The van der Waals surface area contributed by atoms with Crippen LogP contribution in [0.3, 0.4) is 0 Å². The normalized spacial score (nSPS) is 12.7. The molecule has 1 aromatic carbocycles. The minimum absolute atomic E-state index is 0.773. The highest BCUT2D eigenvalue weighted by Gasteiger charge is 2.20. The zero-order chi connectivity index (χ0) is 8.84. The first kappa shape index (κ1) is 7.15. The third kappa shape index (κ3) is 0.923. The van der Waals surface area contributed by atoms with E-state index >= 15 is 0 Å². The summed E-state index contributed by atoms with van der Waals surface area (Å²) in [6, 6.07) is 5.96. The van der Waals surface area contributed by atoms with E-state index in [0.29, 0.717) is 0 Å². The predicted molar refractivity (Wildman–Crippen MR) is 51.8 cm³/mol. The van der Waals surface area contributed by atoms with Crippen molar-refractivity contribution in [2.45, 2.75) is 6.42 Å². The fraction of sp³-hybridized carbons (Fsp3) is 0.100. The van der Waals surface area contributed by atoms with Crippen LogP contribution in [-0.4, -0.2) is 9.97 Å². The number of imidazole rings is 1. The number of aromatic amines is 1. The summed E-state index contributed by atoms with van der Waals surface area (Å²) in [5.41, 5.74) is 4.72. The number of H-pyrrole nitrogens is 1. The van der Waals surface area contributed by atoms with Crippen molar-refractivity contribution in [3.05, 3.63) is 40.8 Å². The van der Waals surface area contributed by atoms with Crippen LogP contribution < -0.4 is 0 Å². The van der Waals surface area contributed by atoms with Crippen molar-refractivity contribution in [3.63, 3.8) is 0 Å². The van der Waals surface area contributed by atoms with Crippen molar-refractivity contribution in [2.75, 3.05) is 0 Å². The second-order valence-electron chi connectivity index (χ2n) is 3.21. The lowest BCUT2D eigenvalue weighted by Gasteiger charge is -1.97. The van der Waals surface area contributed by atoms with Crippen LogP contribution in [0.5, 0.6) is 0 Å². The first-order valence-electron chi connectivity index (χ1n) is 4.15. The van der Waals surface area contributed by atoms with Crippen LogP contribution in [0.25, 0.3) is 11.3 Å². The molecule has 0 radical (unpaired) electrons. The maximum Gasteiger partial charge on any atom is 0.0929 e. The Balaban J connectivity index is 2.31. The number of hydrogen-bond donors (Lipinski definition) is 1. The second-order valence-corrected chi connectivity index (χ2v) is 3.64. The Hall–Kier alpha value is -1.28. The lowest BCUT2D eigenvalue weighted by atomic mass is 10.1. The number of nitrogens with one attached hydrogen (secondary N) is 1. The van der Waals surface area contributed by atoms with Crippen molar-refractivity contribution in [2.24, 2.45) is 0 Å². The van der Waals surface area contributed by atoms with Crippen LogP contribution >= 0.6 is 11.6 Å². The molecule has 0 amide bonds. The molecule has 0 bridgehead atoms. The number of benzene rings is 1. The number of rotatable bonds is 0. The van der Waals surface area contributed by atoms with Gasteiger partial charge in [-0.05, 0) is 17.7 Å². The van der Waals surface area contributed by atoms with Crippen molar-refractivity contribution < 1.29 is 0 Å². The molecule has 1 aliphatic rings. The van der Waals surface area contributed by atoms with Crippen LogP contribution in [-0.2, 0) is 6.42 Å². The smallest absolute Gasteiger partial charge is 0.0929 e. The van der Waals surface area contributed by atoms with Gasteiger partial charge in [0.15, 0.2) is 0 Å². The number of halogens is 1. The summed E-state index contributed by atoms with van der Waals surface area (Å²) in [5.74, 6) is 0. The predicted octanol–water partition coefficient (Wildman–Crippen LogP) is 2.63. The summed E-state index contributed by atoms with van der Waals surface area (Å²) in [5, 5.41) is 0.773. The Kier molecular flexibility index (Phi) is 1.30. The fourth-order valence-corrected chi connectivity index (χ4v) is 1.97. The average Bonchev–Trinajstić information content (AvgIpc) is 2.64.